The molecule has 1 aromatic carbocycles. The predicted molar refractivity (Wildman–Crippen MR) is 85.7 cm³/mol. The van der Waals surface area contributed by atoms with Gasteiger partial charge < -0.3 is 15.6 Å². The van der Waals surface area contributed by atoms with Gasteiger partial charge in [-0.05, 0) is 24.1 Å². The summed E-state index contributed by atoms with van der Waals surface area (Å²) < 4.78 is 0. The lowest BCUT2D eigenvalue weighted by Crippen LogP contribution is -2.31. The summed E-state index contributed by atoms with van der Waals surface area (Å²) in [6, 6.07) is 7.93. The van der Waals surface area contributed by atoms with E-state index in [4.69, 9.17) is 11.0 Å². The molecule has 2 aromatic rings. The van der Waals surface area contributed by atoms with Crippen molar-refractivity contribution in [3.63, 3.8) is 0 Å². The number of nitriles is 1. The molecule has 0 bridgehead atoms. The summed E-state index contributed by atoms with van der Waals surface area (Å²) in [6.45, 7) is 7.14. The van der Waals surface area contributed by atoms with E-state index < -0.39 is 0 Å². The molecule has 0 saturated heterocycles. The fourth-order valence-corrected chi connectivity index (χ4v) is 2.48. The number of imidazole rings is 1. The molecule has 2 rings (SSSR count). The fraction of sp³-hybridized carbons (Fsp3) is 0.500. The van der Waals surface area contributed by atoms with Crippen LogP contribution in [-0.4, -0.2) is 34.5 Å². The molecular formula is C16H23N5. The van der Waals surface area contributed by atoms with Crippen LogP contribution in [0, 0.1) is 17.2 Å². The molecule has 5 nitrogen and oxygen atoms in total. The highest BCUT2D eigenvalue weighted by Gasteiger charge is 2.09. The maximum Gasteiger partial charge on any atom is 0.108 e. The Morgan fingerprint density at radius 2 is 2.19 bits per heavy atom. The highest BCUT2D eigenvalue weighted by Crippen LogP contribution is 2.15. The number of hydrogen-bond donors (Lipinski definition) is 2. The molecule has 0 amide bonds. The van der Waals surface area contributed by atoms with Crippen LogP contribution in [-0.2, 0) is 6.42 Å². The molecule has 21 heavy (non-hydrogen) atoms. The highest BCUT2D eigenvalue weighted by atomic mass is 15.1. The van der Waals surface area contributed by atoms with Crippen LogP contribution in [0.5, 0.6) is 0 Å². The number of benzene rings is 1. The van der Waals surface area contributed by atoms with Crippen molar-refractivity contribution in [3.8, 4) is 6.07 Å². The first-order valence-corrected chi connectivity index (χ1v) is 7.42. The SMILES string of the molecule is CC(C)CN(CCC#N)CCc1nc2ccc(N)cc2[nH]1. The van der Waals surface area contributed by atoms with E-state index in [0.29, 0.717) is 12.3 Å². The van der Waals surface area contributed by atoms with Crippen LogP contribution in [0.15, 0.2) is 18.2 Å². The number of nitrogens with one attached hydrogen (secondary N) is 1. The van der Waals surface area contributed by atoms with E-state index in [9.17, 15) is 0 Å². The van der Waals surface area contributed by atoms with Crippen LogP contribution >= 0.6 is 0 Å². The van der Waals surface area contributed by atoms with E-state index in [-0.39, 0.29) is 0 Å². The molecule has 0 spiro atoms. The maximum absolute atomic E-state index is 8.75. The minimum atomic E-state index is 0.573. The molecule has 0 radical (unpaired) electrons. The van der Waals surface area contributed by atoms with E-state index in [1.807, 2.05) is 18.2 Å². The van der Waals surface area contributed by atoms with Crippen molar-refractivity contribution >= 4 is 16.7 Å². The number of anilines is 1. The van der Waals surface area contributed by atoms with Crippen molar-refractivity contribution < 1.29 is 0 Å². The molecule has 112 valence electrons. The molecule has 0 aliphatic heterocycles. The zero-order chi connectivity index (χ0) is 15.2. The third-order valence-electron chi connectivity index (χ3n) is 3.38. The second-order valence-corrected chi connectivity index (χ2v) is 5.81. The highest BCUT2D eigenvalue weighted by molar-refractivity contribution is 5.78. The molecule has 0 aliphatic carbocycles. The average molecular weight is 285 g/mol. The van der Waals surface area contributed by atoms with Gasteiger partial charge in [0.25, 0.3) is 0 Å². The van der Waals surface area contributed by atoms with Gasteiger partial charge in [0.15, 0.2) is 0 Å². The third kappa shape index (κ3) is 4.47. The Bertz CT molecular complexity index is 623. The first kappa shape index (κ1) is 15.3. The number of aromatic amines is 1. The minimum absolute atomic E-state index is 0.573. The van der Waals surface area contributed by atoms with Crippen LogP contribution in [0.25, 0.3) is 11.0 Å². The Morgan fingerprint density at radius 3 is 2.90 bits per heavy atom. The number of nitrogen functional groups attached to an aromatic ring is 1. The Hall–Kier alpha value is -2.06. The van der Waals surface area contributed by atoms with E-state index in [1.54, 1.807) is 0 Å². The molecule has 1 aromatic heterocycles. The van der Waals surface area contributed by atoms with Crippen molar-refractivity contribution in [3.05, 3.63) is 24.0 Å². The van der Waals surface area contributed by atoms with E-state index >= 15 is 0 Å². The van der Waals surface area contributed by atoms with Gasteiger partial charge in [0.05, 0.1) is 17.1 Å². The molecule has 0 unspecified atom stereocenters. The maximum atomic E-state index is 8.75. The molecule has 5 heteroatoms. The van der Waals surface area contributed by atoms with E-state index in [0.717, 1.165) is 48.6 Å². The lowest BCUT2D eigenvalue weighted by molar-refractivity contribution is 0.251. The summed E-state index contributed by atoms with van der Waals surface area (Å²) in [5.41, 5.74) is 8.46. The van der Waals surface area contributed by atoms with Crippen molar-refractivity contribution in [2.24, 2.45) is 5.92 Å². The number of fused-ring (bicyclic) bond motifs is 1. The smallest absolute Gasteiger partial charge is 0.108 e. The summed E-state index contributed by atoms with van der Waals surface area (Å²) in [7, 11) is 0. The van der Waals surface area contributed by atoms with Crippen LogP contribution in [0.1, 0.15) is 26.1 Å². The summed E-state index contributed by atoms with van der Waals surface area (Å²) in [4.78, 5) is 10.2. The summed E-state index contributed by atoms with van der Waals surface area (Å²) in [5.74, 6) is 1.57. The van der Waals surface area contributed by atoms with Crippen LogP contribution < -0.4 is 5.73 Å². The largest absolute Gasteiger partial charge is 0.399 e. The standard InChI is InChI=1S/C16H23N5/c1-12(2)11-21(8-3-7-17)9-6-16-19-14-5-4-13(18)10-15(14)20-16/h4-5,10,12H,3,6,8-9,11,18H2,1-2H3,(H,19,20). The zero-order valence-electron chi connectivity index (χ0n) is 12.8. The molecule has 1 heterocycles. The van der Waals surface area contributed by atoms with Crippen molar-refractivity contribution in [2.45, 2.75) is 26.7 Å². The molecule has 0 saturated carbocycles. The molecule has 0 atom stereocenters. The lowest BCUT2D eigenvalue weighted by atomic mass is 10.2. The normalized spacial score (nSPS) is 11.4. The van der Waals surface area contributed by atoms with Gasteiger partial charge in [-0.15, -0.1) is 0 Å². The van der Waals surface area contributed by atoms with E-state index in [1.165, 1.54) is 0 Å². The number of hydrogen-bond acceptors (Lipinski definition) is 4. The Morgan fingerprint density at radius 1 is 1.38 bits per heavy atom. The number of nitrogens with two attached hydrogens (primary N) is 1. The third-order valence-corrected chi connectivity index (χ3v) is 3.38. The Balaban J connectivity index is 1.99. The number of H-pyrrole nitrogens is 1. The van der Waals surface area contributed by atoms with Crippen LogP contribution in [0.3, 0.4) is 0 Å². The second kappa shape index (κ2) is 7.09. The predicted octanol–water partition coefficient (Wildman–Crippen LogP) is 2.56. The number of nitrogens with zero attached hydrogens (tertiary/aromatic N) is 3. The topological polar surface area (TPSA) is 81.7 Å². The lowest BCUT2D eigenvalue weighted by Gasteiger charge is -2.22. The van der Waals surface area contributed by atoms with Gasteiger partial charge in [0.1, 0.15) is 5.82 Å². The van der Waals surface area contributed by atoms with Crippen molar-refractivity contribution in [2.75, 3.05) is 25.4 Å². The molecular weight excluding hydrogens is 262 g/mol. The van der Waals surface area contributed by atoms with Gasteiger partial charge in [-0.3, -0.25) is 0 Å². The average Bonchev–Trinajstić information content (AvgIpc) is 2.83. The Kier molecular flexibility index (Phi) is 5.18. The van der Waals surface area contributed by atoms with Gasteiger partial charge in [-0.2, -0.15) is 5.26 Å². The van der Waals surface area contributed by atoms with Crippen LogP contribution in [0.4, 0.5) is 5.69 Å². The molecule has 0 aliphatic rings. The first-order chi connectivity index (χ1) is 10.1. The van der Waals surface area contributed by atoms with Crippen molar-refractivity contribution in [1.82, 2.24) is 14.9 Å². The van der Waals surface area contributed by atoms with E-state index in [2.05, 4.69) is 34.8 Å². The van der Waals surface area contributed by atoms with Gasteiger partial charge >= 0.3 is 0 Å². The quantitative estimate of drug-likeness (QED) is 0.766. The van der Waals surface area contributed by atoms with Crippen LogP contribution in [0.2, 0.25) is 0 Å². The second-order valence-electron chi connectivity index (χ2n) is 5.81. The summed E-state index contributed by atoms with van der Waals surface area (Å²) in [5, 5.41) is 8.75. The first-order valence-electron chi connectivity index (χ1n) is 7.42. The monoisotopic (exact) mass is 285 g/mol. The summed E-state index contributed by atoms with van der Waals surface area (Å²) in [6.07, 6.45) is 1.43. The zero-order valence-corrected chi connectivity index (χ0v) is 12.8. The van der Waals surface area contributed by atoms with Gasteiger partial charge in [0.2, 0.25) is 0 Å². The molecule has 0 fully saturated rings. The minimum Gasteiger partial charge on any atom is -0.399 e. The number of rotatable bonds is 7. The molecule has 3 N–H and O–H groups in total. The van der Waals surface area contributed by atoms with Gasteiger partial charge in [0, 0.05) is 38.2 Å². The number of aromatic nitrogens is 2. The Labute approximate surface area is 125 Å². The summed E-state index contributed by atoms with van der Waals surface area (Å²) >= 11 is 0. The van der Waals surface area contributed by atoms with Gasteiger partial charge in [-0.1, -0.05) is 13.8 Å². The van der Waals surface area contributed by atoms with Crippen molar-refractivity contribution in [1.29, 1.82) is 5.26 Å². The fourth-order valence-electron chi connectivity index (χ4n) is 2.48. The van der Waals surface area contributed by atoms with Gasteiger partial charge in [-0.25, -0.2) is 4.98 Å².